The molecule has 4 saturated carbocycles. The summed E-state index contributed by atoms with van der Waals surface area (Å²) in [5.41, 5.74) is 0.0412. The van der Waals surface area contributed by atoms with Gasteiger partial charge in [-0.05, 0) is 94.5 Å². The molecule has 2 N–H and O–H groups in total. The molecule has 0 aromatic carbocycles. The second-order valence-electron chi connectivity index (χ2n) is 8.45. The summed E-state index contributed by atoms with van der Waals surface area (Å²) in [4.78, 5) is 12.8. The van der Waals surface area contributed by atoms with E-state index in [1.165, 1.54) is 57.9 Å². The van der Waals surface area contributed by atoms with Gasteiger partial charge < -0.3 is 10.6 Å². The van der Waals surface area contributed by atoms with Crippen molar-refractivity contribution in [1.29, 1.82) is 0 Å². The van der Waals surface area contributed by atoms with Gasteiger partial charge in [0.2, 0.25) is 5.91 Å². The Labute approximate surface area is 140 Å². The van der Waals surface area contributed by atoms with Gasteiger partial charge in [0, 0.05) is 12.0 Å². The first-order valence-corrected chi connectivity index (χ1v) is 9.22. The van der Waals surface area contributed by atoms with Gasteiger partial charge in [-0.25, -0.2) is 0 Å². The quantitative estimate of drug-likeness (QED) is 0.833. The van der Waals surface area contributed by atoms with Crippen molar-refractivity contribution in [2.45, 2.75) is 57.8 Å². The Morgan fingerprint density at radius 3 is 2.27 bits per heavy atom. The maximum absolute atomic E-state index is 12.8. The molecular formula is C18H31ClN2O. The highest BCUT2D eigenvalue weighted by Crippen LogP contribution is 2.60. The van der Waals surface area contributed by atoms with E-state index < -0.39 is 0 Å². The number of piperidine rings is 1. The van der Waals surface area contributed by atoms with E-state index in [9.17, 15) is 4.79 Å². The Balaban J connectivity index is 0.00000144. The first-order chi connectivity index (χ1) is 10.2. The van der Waals surface area contributed by atoms with E-state index in [1.807, 2.05) is 0 Å². The van der Waals surface area contributed by atoms with Crippen LogP contribution >= 0.6 is 12.4 Å². The molecule has 22 heavy (non-hydrogen) atoms. The minimum atomic E-state index is 0. The number of hydrogen-bond donors (Lipinski definition) is 2. The normalized spacial score (nSPS) is 42.7. The highest BCUT2D eigenvalue weighted by atomic mass is 35.5. The highest BCUT2D eigenvalue weighted by Gasteiger charge is 2.54. The lowest BCUT2D eigenvalue weighted by Gasteiger charge is -2.55. The third-order valence-electron chi connectivity index (χ3n) is 6.76. The molecule has 4 bridgehead atoms. The Morgan fingerprint density at radius 2 is 1.73 bits per heavy atom. The van der Waals surface area contributed by atoms with Crippen LogP contribution in [0.2, 0.25) is 0 Å². The standard InChI is InChI=1S/C18H30N2O.ClH/c21-17(20-5-3-13-2-1-4-19-12-13)18-9-14-6-15(10-18)8-16(7-14)11-18;/h13-16,19H,1-12H2,(H,20,21);1H. The molecule has 1 aliphatic heterocycles. The molecule has 0 aromatic heterocycles. The van der Waals surface area contributed by atoms with E-state index >= 15 is 0 Å². The molecule has 5 fully saturated rings. The molecular weight excluding hydrogens is 296 g/mol. The van der Waals surface area contributed by atoms with E-state index in [2.05, 4.69) is 10.6 Å². The molecule has 1 atom stereocenters. The van der Waals surface area contributed by atoms with Gasteiger partial charge in [-0.3, -0.25) is 4.79 Å². The van der Waals surface area contributed by atoms with E-state index in [1.54, 1.807) is 0 Å². The van der Waals surface area contributed by atoms with Crippen LogP contribution < -0.4 is 10.6 Å². The summed E-state index contributed by atoms with van der Waals surface area (Å²) in [6.07, 6.45) is 11.6. The average Bonchev–Trinajstić information content (AvgIpc) is 2.47. The summed E-state index contributed by atoms with van der Waals surface area (Å²) in [6, 6.07) is 0. The monoisotopic (exact) mass is 326 g/mol. The fourth-order valence-corrected chi connectivity index (χ4v) is 6.14. The van der Waals surface area contributed by atoms with Crippen LogP contribution in [0, 0.1) is 29.1 Å². The molecule has 1 amide bonds. The summed E-state index contributed by atoms with van der Waals surface area (Å²) >= 11 is 0. The van der Waals surface area contributed by atoms with Crippen LogP contribution in [0.5, 0.6) is 0 Å². The van der Waals surface area contributed by atoms with Crippen LogP contribution in [-0.2, 0) is 4.79 Å². The number of carbonyl (C=O) groups excluding carboxylic acids is 1. The van der Waals surface area contributed by atoms with Gasteiger partial charge in [-0.2, -0.15) is 0 Å². The Kier molecular flexibility index (Phi) is 5.04. The average molecular weight is 327 g/mol. The van der Waals surface area contributed by atoms with Gasteiger partial charge in [0.25, 0.3) is 0 Å². The second-order valence-corrected chi connectivity index (χ2v) is 8.45. The number of halogens is 1. The van der Waals surface area contributed by atoms with Gasteiger partial charge in [-0.15, -0.1) is 12.4 Å². The molecule has 5 aliphatic rings. The van der Waals surface area contributed by atoms with Crippen molar-refractivity contribution < 1.29 is 4.79 Å². The lowest BCUT2D eigenvalue weighted by Crippen LogP contribution is -2.53. The predicted molar refractivity (Wildman–Crippen MR) is 91.1 cm³/mol. The van der Waals surface area contributed by atoms with Crippen molar-refractivity contribution in [1.82, 2.24) is 10.6 Å². The number of hydrogen-bond acceptors (Lipinski definition) is 2. The number of rotatable bonds is 4. The maximum atomic E-state index is 12.8. The van der Waals surface area contributed by atoms with Crippen molar-refractivity contribution in [2.24, 2.45) is 29.1 Å². The highest BCUT2D eigenvalue weighted by molar-refractivity contribution is 5.85. The number of nitrogens with one attached hydrogen (secondary N) is 2. The molecule has 1 heterocycles. The zero-order chi connectivity index (χ0) is 14.3. The first kappa shape index (κ1) is 16.6. The summed E-state index contributed by atoms with van der Waals surface area (Å²) < 4.78 is 0. The summed E-state index contributed by atoms with van der Waals surface area (Å²) in [5.74, 6) is 3.78. The third kappa shape index (κ3) is 3.17. The molecule has 0 spiro atoms. The lowest BCUT2D eigenvalue weighted by atomic mass is 9.49. The van der Waals surface area contributed by atoms with Crippen LogP contribution in [0.3, 0.4) is 0 Å². The zero-order valence-corrected chi connectivity index (χ0v) is 14.4. The predicted octanol–water partition coefficient (Wildman–Crippen LogP) is 3.13. The Morgan fingerprint density at radius 1 is 1.09 bits per heavy atom. The fraction of sp³-hybridized carbons (Fsp3) is 0.944. The topological polar surface area (TPSA) is 41.1 Å². The molecule has 5 rings (SSSR count). The van der Waals surface area contributed by atoms with Crippen molar-refractivity contribution in [3.63, 3.8) is 0 Å². The van der Waals surface area contributed by atoms with E-state index in [-0.39, 0.29) is 17.8 Å². The molecule has 0 radical (unpaired) electrons. The van der Waals surface area contributed by atoms with Gasteiger partial charge in [-0.1, -0.05) is 0 Å². The van der Waals surface area contributed by atoms with Crippen molar-refractivity contribution in [2.75, 3.05) is 19.6 Å². The number of amides is 1. The Hall–Kier alpha value is -0.280. The van der Waals surface area contributed by atoms with Gasteiger partial charge in [0.1, 0.15) is 0 Å². The lowest BCUT2D eigenvalue weighted by molar-refractivity contribution is -0.146. The third-order valence-corrected chi connectivity index (χ3v) is 6.76. The zero-order valence-electron chi connectivity index (χ0n) is 13.6. The summed E-state index contributed by atoms with van der Waals surface area (Å²) in [6.45, 7) is 3.22. The molecule has 4 aliphatic carbocycles. The summed E-state index contributed by atoms with van der Waals surface area (Å²) in [5, 5.41) is 6.79. The first-order valence-electron chi connectivity index (χ1n) is 9.22. The van der Waals surface area contributed by atoms with Gasteiger partial charge >= 0.3 is 0 Å². The molecule has 1 saturated heterocycles. The van der Waals surface area contributed by atoms with Crippen LogP contribution in [0.4, 0.5) is 0 Å². The van der Waals surface area contributed by atoms with Crippen LogP contribution in [0.15, 0.2) is 0 Å². The molecule has 126 valence electrons. The summed E-state index contributed by atoms with van der Waals surface area (Å²) in [7, 11) is 0. The minimum absolute atomic E-state index is 0. The Bertz CT molecular complexity index is 371. The van der Waals surface area contributed by atoms with Gasteiger partial charge in [0.05, 0.1) is 0 Å². The molecule has 0 aromatic rings. The van der Waals surface area contributed by atoms with Crippen LogP contribution in [0.1, 0.15) is 57.8 Å². The smallest absolute Gasteiger partial charge is 0.226 e. The fourth-order valence-electron chi connectivity index (χ4n) is 6.14. The van der Waals surface area contributed by atoms with E-state index in [0.29, 0.717) is 5.91 Å². The second kappa shape index (κ2) is 6.68. The van der Waals surface area contributed by atoms with Gasteiger partial charge in [0.15, 0.2) is 0 Å². The van der Waals surface area contributed by atoms with E-state index in [4.69, 9.17) is 0 Å². The maximum Gasteiger partial charge on any atom is 0.226 e. The molecule has 4 heteroatoms. The van der Waals surface area contributed by atoms with Crippen LogP contribution in [-0.4, -0.2) is 25.5 Å². The van der Waals surface area contributed by atoms with Crippen LogP contribution in [0.25, 0.3) is 0 Å². The number of carbonyl (C=O) groups is 1. The van der Waals surface area contributed by atoms with Crippen molar-refractivity contribution in [3.8, 4) is 0 Å². The largest absolute Gasteiger partial charge is 0.356 e. The molecule has 1 unspecified atom stereocenters. The molecule has 3 nitrogen and oxygen atoms in total. The minimum Gasteiger partial charge on any atom is -0.356 e. The van der Waals surface area contributed by atoms with Crippen molar-refractivity contribution >= 4 is 18.3 Å². The van der Waals surface area contributed by atoms with E-state index in [0.717, 1.165) is 43.2 Å². The van der Waals surface area contributed by atoms with Crippen molar-refractivity contribution in [3.05, 3.63) is 0 Å². The SMILES string of the molecule is Cl.O=C(NCCC1CCCNC1)C12CC3CC(CC(C3)C1)C2.